The van der Waals surface area contributed by atoms with Crippen LogP contribution < -0.4 is 4.90 Å². The van der Waals surface area contributed by atoms with Crippen molar-refractivity contribution in [3.63, 3.8) is 0 Å². The van der Waals surface area contributed by atoms with Crippen LogP contribution in [0.25, 0.3) is 84.3 Å². The molecule has 0 N–H and O–H groups in total. The van der Waals surface area contributed by atoms with Gasteiger partial charge in [0.2, 0.25) is 0 Å². The van der Waals surface area contributed by atoms with E-state index in [1.165, 1.54) is 122 Å². The summed E-state index contributed by atoms with van der Waals surface area (Å²) in [4.78, 5) is 3.99. The molecule has 3 heterocycles. The Hall–Kier alpha value is -6.04. The van der Waals surface area contributed by atoms with E-state index < -0.39 is 0 Å². The predicted molar refractivity (Wildman–Crippen MR) is 268 cm³/mol. The fraction of sp³-hybridized carbons (Fsp3) is 0.123. The molecule has 0 bridgehead atoms. The maximum absolute atomic E-state index is 2.57. The second-order valence-electron chi connectivity index (χ2n) is 17.4. The lowest BCUT2D eigenvalue weighted by atomic mass is 9.82. The molecular weight excluding hydrogens is 795 g/mol. The summed E-state index contributed by atoms with van der Waals surface area (Å²) in [6, 6.07) is 52.9. The molecule has 10 aromatic rings. The van der Waals surface area contributed by atoms with Gasteiger partial charge < -0.3 is 4.90 Å². The first-order chi connectivity index (χ1) is 30.0. The van der Waals surface area contributed by atoms with E-state index in [0.717, 1.165) is 25.7 Å². The zero-order valence-corrected chi connectivity index (χ0v) is 36.5. The molecular formula is C57H41NS3. The van der Waals surface area contributed by atoms with Crippen molar-refractivity contribution < 1.29 is 0 Å². The SMILES string of the molecule is CC1(C)c2ccccc2-c2c1ccc1c2sc2c(N(C3=CC=C(c4cccc5c4sc4ccccc45)CC3)c3ccc(-c4cccc5c6c(sc45)C=CCC6)cc3)cccc21. The van der Waals surface area contributed by atoms with Crippen LogP contribution in [0, 0.1) is 0 Å². The third kappa shape index (κ3) is 5.29. The number of anilines is 2. The molecule has 0 saturated heterocycles. The second-order valence-corrected chi connectivity index (χ2v) is 20.5. The van der Waals surface area contributed by atoms with Gasteiger partial charge in [-0.15, -0.1) is 34.0 Å². The Morgan fingerprint density at radius 1 is 0.508 bits per heavy atom. The van der Waals surface area contributed by atoms with Crippen LogP contribution in [-0.4, -0.2) is 0 Å². The average molecular weight is 836 g/mol. The Bertz CT molecular complexity index is 3560. The molecule has 61 heavy (non-hydrogen) atoms. The molecule has 3 aliphatic carbocycles. The summed E-state index contributed by atoms with van der Waals surface area (Å²) >= 11 is 5.85. The standard InChI is InChI=1S/C57H41NS3/c1-57(2)47-20-6-3-14-46(47)52-48(57)33-32-45-44-19-11-21-49(55(44)61-56(45)52)58(36-28-24-34(25-29-36)38-15-9-17-42-40-12-4-7-22-50(40)59-53(38)42)37-30-26-35(27-31-37)39-16-10-18-43-41-13-5-8-23-51(41)60-54(39)43/h3-4,6-12,14-24,26-28,30-33H,5,13,25,29H2,1-2H3. The number of fused-ring (bicyclic) bond motifs is 13. The molecule has 3 aromatic heterocycles. The molecule has 0 radical (unpaired) electrons. The summed E-state index contributed by atoms with van der Waals surface area (Å²) in [5.74, 6) is 0. The van der Waals surface area contributed by atoms with Crippen molar-refractivity contribution >= 4 is 107 Å². The van der Waals surface area contributed by atoms with Gasteiger partial charge in [0, 0.05) is 67.6 Å². The highest BCUT2D eigenvalue weighted by atomic mass is 32.1. The number of benzene rings is 7. The highest BCUT2D eigenvalue weighted by molar-refractivity contribution is 7.27. The molecule has 1 nitrogen and oxygen atoms in total. The van der Waals surface area contributed by atoms with Gasteiger partial charge in [-0.25, -0.2) is 0 Å². The molecule has 0 fully saturated rings. The summed E-state index contributed by atoms with van der Waals surface area (Å²) < 4.78 is 6.88. The summed E-state index contributed by atoms with van der Waals surface area (Å²) in [6.45, 7) is 4.77. The molecule has 0 aliphatic heterocycles. The van der Waals surface area contributed by atoms with Gasteiger partial charge in [-0.2, -0.15) is 0 Å². The maximum Gasteiger partial charge on any atom is 0.0637 e. The first-order valence-electron chi connectivity index (χ1n) is 21.5. The molecule has 4 heteroatoms. The largest absolute Gasteiger partial charge is 0.313 e. The van der Waals surface area contributed by atoms with Crippen molar-refractivity contribution in [1.29, 1.82) is 0 Å². The van der Waals surface area contributed by atoms with Gasteiger partial charge in [0.1, 0.15) is 0 Å². The summed E-state index contributed by atoms with van der Waals surface area (Å²) in [7, 11) is 0. The maximum atomic E-state index is 2.57. The van der Waals surface area contributed by atoms with Gasteiger partial charge >= 0.3 is 0 Å². The monoisotopic (exact) mass is 835 g/mol. The lowest BCUT2D eigenvalue weighted by molar-refractivity contribution is 0.661. The van der Waals surface area contributed by atoms with Crippen molar-refractivity contribution in [3.8, 4) is 22.3 Å². The van der Waals surface area contributed by atoms with E-state index in [0.29, 0.717) is 0 Å². The van der Waals surface area contributed by atoms with Crippen molar-refractivity contribution in [2.75, 3.05) is 4.90 Å². The minimum Gasteiger partial charge on any atom is -0.313 e. The van der Waals surface area contributed by atoms with Crippen LogP contribution in [0.5, 0.6) is 0 Å². The van der Waals surface area contributed by atoms with Crippen LogP contribution in [0.1, 0.15) is 60.2 Å². The van der Waals surface area contributed by atoms with Crippen LogP contribution in [0.3, 0.4) is 0 Å². The highest BCUT2D eigenvalue weighted by Gasteiger charge is 2.37. The number of allylic oxidation sites excluding steroid dienone is 5. The van der Waals surface area contributed by atoms with Gasteiger partial charge in [0.25, 0.3) is 0 Å². The van der Waals surface area contributed by atoms with Gasteiger partial charge in [-0.05, 0) is 112 Å². The minimum absolute atomic E-state index is 0.0342. The van der Waals surface area contributed by atoms with E-state index in [1.54, 1.807) is 0 Å². The minimum atomic E-state index is -0.0342. The van der Waals surface area contributed by atoms with Gasteiger partial charge in [0.05, 0.1) is 10.4 Å². The number of nitrogens with zero attached hydrogens (tertiary/aromatic N) is 1. The molecule has 0 atom stereocenters. The van der Waals surface area contributed by atoms with Crippen LogP contribution in [0.2, 0.25) is 0 Å². The summed E-state index contributed by atoms with van der Waals surface area (Å²) in [5.41, 5.74) is 16.3. The Kier molecular flexibility index (Phi) is 7.89. The van der Waals surface area contributed by atoms with E-state index in [4.69, 9.17) is 0 Å². The molecule has 7 aromatic carbocycles. The van der Waals surface area contributed by atoms with E-state index in [-0.39, 0.29) is 5.41 Å². The zero-order chi connectivity index (χ0) is 40.4. The van der Waals surface area contributed by atoms with E-state index in [2.05, 4.69) is 183 Å². The number of hydrogen-bond donors (Lipinski definition) is 0. The van der Waals surface area contributed by atoms with E-state index >= 15 is 0 Å². The van der Waals surface area contributed by atoms with Crippen LogP contribution >= 0.6 is 34.0 Å². The Morgan fingerprint density at radius 3 is 2.10 bits per heavy atom. The quantitative estimate of drug-likeness (QED) is 0.167. The topological polar surface area (TPSA) is 3.24 Å². The molecule has 292 valence electrons. The van der Waals surface area contributed by atoms with E-state index in [9.17, 15) is 0 Å². The smallest absolute Gasteiger partial charge is 0.0637 e. The number of hydrogen-bond acceptors (Lipinski definition) is 4. The van der Waals surface area contributed by atoms with Crippen molar-refractivity contribution in [2.24, 2.45) is 0 Å². The van der Waals surface area contributed by atoms with Crippen LogP contribution in [0.15, 0.2) is 163 Å². The third-order valence-corrected chi connectivity index (χ3v) is 17.4. The Morgan fingerprint density at radius 2 is 1.23 bits per heavy atom. The van der Waals surface area contributed by atoms with Gasteiger partial charge in [0.15, 0.2) is 0 Å². The van der Waals surface area contributed by atoms with Crippen LogP contribution in [0.4, 0.5) is 11.4 Å². The molecule has 0 amide bonds. The van der Waals surface area contributed by atoms with Crippen molar-refractivity contribution in [1.82, 2.24) is 0 Å². The summed E-state index contributed by atoms with van der Waals surface area (Å²) in [5, 5.41) is 6.81. The Balaban J connectivity index is 0.979. The van der Waals surface area contributed by atoms with Crippen molar-refractivity contribution in [3.05, 3.63) is 191 Å². The lowest BCUT2D eigenvalue weighted by Gasteiger charge is -2.30. The summed E-state index contributed by atoms with van der Waals surface area (Å²) in [6.07, 6.45) is 13.7. The zero-order valence-electron chi connectivity index (χ0n) is 34.1. The normalized spacial score (nSPS) is 15.4. The van der Waals surface area contributed by atoms with Gasteiger partial charge in [-0.1, -0.05) is 141 Å². The lowest BCUT2D eigenvalue weighted by Crippen LogP contribution is -2.18. The molecule has 0 saturated carbocycles. The van der Waals surface area contributed by atoms with Crippen LogP contribution in [-0.2, 0) is 11.8 Å². The molecule has 0 unspecified atom stereocenters. The first kappa shape index (κ1) is 35.7. The highest BCUT2D eigenvalue weighted by Crippen LogP contribution is 2.55. The average Bonchev–Trinajstić information content (AvgIpc) is 4.06. The Labute approximate surface area is 367 Å². The number of aryl methyl sites for hydroxylation is 1. The predicted octanol–water partition coefficient (Wildman–Crippen LogP) is 17.5. The molecule has 0 spiro atoms. The first-order valence-corrected chi connectivity index (χ1v) is 24.0. The molecule has 13 rings (SSSR count). The molecule has 3 aliphatic rings. The number of rotatable bonds is 5. The fourth-order valence-electron chi connectivity index (χ4n) is 10.7. The van der Waals surface area contributed by atoms with E-state index in [1.807, 2.05) is 34.0 Å². The third-order valence-electron chi connectivity index (χ3n) is 13.7. The fourth-order valence-corrected chi connectivity index (χ4v) is 14.6. The second kappa shape index (κ2) is 13.5. The number of thiophene rings is 3. The van der Waals surface area contributed by atoms with Gasteiger partial charge in [-0.3, -0.25) is 0 Å². The van der Waals surface area contributed by atoms with Crippen molar-refractivity contribution in [2.45, 2.75) is 44.9 Å².